The number of nitrogens with zero attached hydrogens (tertiary/aromatic N) is 4. The Morgan fingerprint density at radius 1 is 1.12 bits per heavy atom. The lowest BCUT2D eigenvalue weighted by atomic mass is 10.0. The summed E-state index contributed by atoms with van der Waals surface area (Å²) in [6, 6.07) is 18.7. The highest BCUT2D eigenvalue weighted by Crippen LogP contribution is 2.20. The molecule has 0 saturated carbocycles. The third-order valence-electron chi connectivity index (χ3n) is 5.36. The van der Waals surface area contributed by atoms with Crippen molar-refractivity contribution in [1.82, 2.24) is 20.1 Å². The number of nitrogens with one attached hydrogen (secondary N) is 2. The molecule has 2 aromatic heterocycles. The Balaban J connectivity index is 1.43. The molecule has 4 aromatic rings. The van der Waals surface area contributed by atoms with Crippen molar-refractivity contribution in [2.24, 2.45) is 7.05 Å². The molecule has 0 spiro atoms. The van der Waals surface area contributed by atoms with Gasteiger partial charge in [0.2, 0.25) is 5.91 Å². The van der Waals surface area contributed by atoms with Crippen molar-refractivity contribution < 1.29 is 9.18 Å². The van der Waals surface area contributed by atoms with Gasteiger partial charge in [-0.3, -0.25) is 9.48 Å². The highest BCUT2D eigenvalue weighted by atomic mass is 19.1. The summed E-state index contributed by atoms with van der Waals surface area (Å²) < 4.78 is 15.6. The predicted octanol–water partition coefficient (Wildman–Crippen LogP) is 4.00. The predicted molar refractivity (Wildman–Crippen MR) is 127 cm³/mol. The lowest BCUT2D eigenvalue weighted by Crippen LogP contribution is -2.34. The summed E-state index contributed by atoms with van der Waals surface area (Å²) in [6.45, 7) is 0.436. The van der Waals surface area contributed by atoms with E-state index < -0.39 is 11.9 Å². The van der Waals surface area contributed by atoms with Gasteiger partial charge in [-0.25, -0.2) is 9.37 Å². The minimum Gasteiger partial charge on any atom is -0.309 e. The van der Waals surface area contributed by atoms with E-state index >= 15 is 0 Å². The quantitative estimate of drug-likeness (QED) is 0.420. The highest BCUT2D eigenvalue weighted by molar-refractivity contribution is 5.94. The second-order valence-electron chi connectivity index (χ2n) is 7.80. The van der Waals surface area contributed by atoms with Gasteiger partial charge >= 0.3 is 0 Å². The van der Waals surface area contributed by atoms with Crippen LogP contribution in [-0.4, -0.2) is 27.2 Å². The molecule has 0 radical (unpaired) electrons. The van der Waals surface area contributed by atoms with E-state index in [4.69, 9.17) is 5.26 Å². The van der Waals surface area contributed by atoms with E-state index in [1.54, 1.807) is 29.2 Å². The van der Waals surface area contributed by atoms with E-state index in [0.717, 1.165) is 22.3 Å². The van der Waals surface area contributed by atoms with Crippen LogP contribution in [0.5, 0.6) is 0 Å². The molecule has 2 heterocycles. The molecular formula is C26H23FN6O. The standard InChI is InChI=1S/C26H23FN6O/c1-33-17-22(16-31-33)21-9-10-24(30-15-21)32-26(34)25(19-5-3-2-4-6-19)29-12-11-18-7-8-20(14-28)23(27)13-18/h2-10,13,15-17,25,29H,11-12H2,1H3,(H,30,32,34)/t25-/m1/s1. The van der Waals surface area contributed by atoms with Gasteiger partial charge in [-0.15, -0.1) is 0 Å². The molecule has 0 aliphatic rings. The van der Waals surface area contributed by atoms with Crippen LogP contribution in [0.2, 0.25) is 0 Å². The second-order valence-corrected chi connectivity index (χ2v) is 7.80. The van der Waals surface area contributed by atoms with Gasteiger partial charge < -0.3 is 10.6 Å². The van der Waals surface area contributed by atoms with E-state index in [-0.39, 0.29) is 11.5 Å². The third kappa shape index (κ3) is 5.52. The number of nitriles is 1. The van der Waals surface area contributed by atoms with Crippen LogP contribution in [0.15, 0.2) is 79.3 Å². The van der Waals surface area contributed by atoms with Crippen LogP contribution in [0.4, 0.5) is 10.2 Å². The number of carbonyl (C=O) groups is 1. The molecule has 2 aromatic carbocycles. The average Bonchev–Trinajstić information content (AvgIpc) is 3.29. The first-order valence-corrected chi connectivity index (χ1v) is 10.8. The summed E-state index contributed by atoms with van der Waals surface area (Å²) in [5.74, 6) is -0.355. The largest absolute Gasteiger partial charge is 0.309 e. The maximum absolute atomic E-state index is 13.9. The summed E-state index contributed by atoms with van der Waals surface area (Å²) >= 11 is 0. The Hall–Kier alpha value is -4.35. The molecule has 0 fully saturated rings. The van der Waals surface area contributed by atoms with E-state index in [9.17, 15) is 9.18 Å². The third-order valence-corrected chi connectivity index (χ3v) is 5.36. The number of hydrogen-bond acceptors (Lipinski definition) is 5. The topological polar surface area (TPSA) is 95.6 Å². The zero-order chi connectivity index (χ0) is 23.9. The lowest BCUT2D eigenvalue weighted by Gasteiger charge is -2.19. The van der Waals surface area contributed by atoms with Crippen LogP contribution in [0, 0.1) is 17.1 Å². The van der Waals surface area contributed by atoms with Crippen LogP contribution in [-0.2, 0) is 18.3 Å². The number of rotatable bonds is 8. The minimum absolute atomic E-state index is 0.0142. The number of anilines is 1. The zero-order valence-corrected chi connectivity index (χ0v) is 18.6. The maximum Gasteiger partial charge on any atom is 0.247 e. The highest BCUT2D eigenvalue weighted by Gasteiger charge is 2.20. The van der Waals surface area contributed by atoms with Gasteiger partial charge in [-0.1, -0.05) is 36.4 Å². The minimum atomic E-state index is -0.621. The van der Waals surface area contributed by atoms with Crippen LogP contribution in [0.1, 0.15) is 22.7 Å². The SMILES string of the molecule is Cn1cc(-c2ccc(NC(=O)[C@H](NCCc3ccc(C#N)c(F)c3)c3ccccc3)nc2)cn1. The zero-order valence-electron chi connectivity index (χ0n) is 18.6. The Bertz CT molecular complexity index is 1310. The van der Waals surface area contributed by atoms with Gasteiger partial charge in [-0.05, 0) is 41.8 Å². The van der Waals surface area contributed by atoms with E-state index in [1.807, 2.05) is 55.7 Å². The van der Waals surface area contributed by atoms with E-state index in [1.165, 1.54) is 12.1 Å². The number of aromatic nitrogens is 3. The molecule has 4 rings (SSSR count). The number of carbonyl (C=O) groups excluding carboxylic acids is 1. The molecule has 7 nitrogen and oxygen atoms in total. The maximum atomic E-state index is 13.9. The molecule has 0 unspecified atom stereocenters. The van der Waals surface area contributed by atoms with Crippen molar-refractivity contribution in [2.45, 2.75) is 12.5 Å². The van der Waals surface area contributed by atoms with Gasteiger partial charge in [0.1, 0.15) is 23.7 Å². The molecule has 0 aliphatic carbocycles. The van der Waals surface area contributed by atoms with Gasteiger partial charge in [0, 0.05) is 37.1 Å². The van der Waals surface area contributed by atoms with Crippen molar-refractivity contribution in [3.05, 3.63) is 102 Å². The van der Waals surface area contributed by atoms with Crippen molar-refractivity contribution in [3.8, 4) is 17.2 Å². The first-order valence-electron chi connectivity index (χ1n) is 10.8. The number of benzene rings is 2. The summed E-state index contributed by atoms with van der Waals surface area (Å²) in [4.78, 5) is 17.5. The van der Waals surface area contributed by atoms with Gasteiger partial charge in [0.05, 0.1) is 11.8 Å². The number of halogens is 1. The van der Waals surface area contributed by atoms with Crippen molar-refractivity contribution in [2.75, 3.05) is 11.9 Å². The molecule has 170 valence electrons. The molecule has 1 amide bonds. The molecular weight excluding hydrogens is 431 g/mol. The van der Waals surface area contributed by atoms with Gasteiger partial charge in [0.25, 0.3) is 0 Å². The van der Waals surface area contributed by atoms with Gasteiger partial charge in [-0.2, -0.15) is 10.4 Å². The molecule has 0 saturated heterocycles. The van der Waals surface area contributed by atoms with Gasteiger partial charge in [0.15, 0.2) is 0 Å². The summed E-state index contributed by atoms with van der Waals surface area (Å²) in [5.41, 5.74) is 3.40. The van der Waals surface area contributed by atoms with Crippen LogP contribution in [0.3, 0.4) is 0 Å². The molecule has 0 aliphatic heterocycles. The first kappa shape index (κ1) is 22.8. The Labute approximate surface area is 196 Å². The first-order chi connectivity index (χ1) is 16.5. The smallest absolute Gasteiger partial charge is 0.247 e. The van der Waals surface area contributed by atoms with E-state index in [2.05, 4.69) is 20.7 Å². The fraction of sp³-hybridized carbons (Fsp3) is 0.154. The Morgan fingerprint density at radius 2 is 1.94 bits per heavy atom. The van der Waals surface area contributed by atoms with Crippen molar-refractivity contribution in [3.63, 3.8) is 0 Å². The normalized spacial score (nSPS) is 11.6. The molecule has 0 bridgehead atoms. The number of hydrogen-bond donors (Lipinski definition) is 2. The van der Waals surface area contributed by atoms with Crippen molar-refractivity contribution >= 4 is 11.7 Å². The molecule has 34 heavy (non-hydrogen) atoms. The summed E-state index contributed by atoms with van der Waals surface area (Å²) in [7, 11) is 1.85. The number of aryl methyl sites for hydroxylation is 1. The van der Waals surface area contributed by atoms with Crippen LogP contribution >= 0.6 is 0 Å². The second kappa shape index (κ2) is 10.5. The van der Waals surface area contributed by atoms with Crippen LogP contribution < -0.4 is 10.6 Å². The number of amides is 1. The fourth-order valence-corrected chi connectivity index (χ4v) is 3.58. The Morgan fingerprint density at radius 3 is 2.59 bits per heavy atom. The van der Waals surface area contributed by atoms with Crippen LogP contribution in [0.25, 0.3) is 11.1 Å². The molecule has 8 heteroatoms. The number of pyridine rings is 1. The van der Waals surface area contributed by atoms with E-state index in [0.29, 0.717) is 18.8 Å². The molecule has 2 N–H and O–H groups in total. The lowest BCUT2D eigenvalue weighted by molar-refractivity contribution is -0.118. The molecule has 1 atom stereocenters. The Kier molecular flexibility index (Phi) is 7.06. The fourth-order valence-electron chi connectivity index (χ4n) is 3.58. The summed E-state index contributed by atoms with van der Waals surface area (Å²) in [5, 5.41) is 19.2. The van der Waals surface area contributed by atoms with Crippen molar-refractivity contribution in [1.29, 1.82) is 5.26 Å². The monoisotopic (exact) mass is 454 g/mol. The average molecular weight is 455 g/mol. The summed E-state index contributed by atoms with van der Waals surface area (Å²) in [6.07, 6.45) is 5.84.